The van der Waals surface area contributed by atoms with E-state index < -0.39 is 17.2 Å². The summed E-state index contributed by atoms with van der Waals surface area (Å²) in [6.07, 6.45) is 2.81. The molecule has 0 aromatic heterocycles. The van der Waals surface area contributed by atoms with Crippen molar-refractivity contribution in [3.63, 3.8) is 0 Å². The summed E-state index contributed by atoms with van der Waals surface area (Å²) in [4.78, 5) is 11.5. The number of carboxylic acids is 1. The van der Waals surface area contributed by atoms with Crippen LogP contribution in [0, 0.1) is 23.1 Å². The molecule has 0 spiro atoms. The van der Waals surface area contributed by atoms with Gasteiger partial charge in [0.15, 0.2) is 0 Å². The normalized spacial score (nSPS) is 33.2. The molecule has 2 aliphatic carbocycles. The lowest BCUT2D eigenvalue weighted by molar-refractivity contribution is -0.149. The number of aliphatic carboxylic acids is 1. The van der Waals surface area contributed by atoms with Gasteiger partial charge >= 0.3 is 5.97 Å². The molecular formula is C14H14ClFO2. The maximum Gasteiger partial charge on any atom is 0.309 e. The molecule has 0 heterocycles. The van der Waals surface area contributed by atoms with Crippen LogP contribution in [0.2, 0.25) is 5.02 Å². The number of carbonyl (C=O) groups is 1. The van der Waals surface area contributed by atoms with E-state index in [0.29, 0.717) is 35.3 Å². The summed E-state index contributed by atoms with van der Waals surface area (Å²) in [6, 6.07) is 4.47. The first kappa shape index (κ1) is 12.0. The Balaban J connectivity index is 1.87. The largest absolute Gasteiger partial charge is 0.481 e. The van der Waals surface area contributed by atoms with Crippen LogP contribution in [0.15, 0.2) is 18.2 Å². The summed E-state index contributed by atoms with van der Waals surface area (Å²) in [5.74, 6) is -0.0827. The molecule has 2 fully saturated rings. The van der Waals surface area contributed by atoms with Gasteiger partial charge in [0.2, 0.25) is 0 Å². The number of fused-ring (bicyclic) bond motifs is 1. The topological polar surface area (TPSA) is 37.3 Å². The average molecular weight is 269 g/mol. The number of halogens is 2. The van der Waals surface area contributed by atoms with Crippen LogP contribution in [0.3, 0.4) is 0 Å². The lowest BCUT2D eigenvalue weighted by Gasteiger charge is -2.26. The molecule has 0 aliphatic heterocycles. The van der Waals surface area contributed by atoms with Crippen LogP contribution >= 0.6 is 11.6 Å². The minimum atomic E-state index is -0.788. The molecule has 0 radical (unpaired) electrons. The van der Waals surface area contributed by atoms with E-state index in [4.69, 9.17) is 11.6 Å². The molecule has 2 unspecified atom stereocenters. The van der Waals surface area contributed by atoms with E-state index in [1.807, 2.05) is 0 Å². The highest BCUT2D eigenvalue weighted by Crippen LogP contribution is 2.61. The lowest BCUT2D eigenvalue weighted by Crippen LogP contribution is -2.32. The Morgan fingerprint density at radius 1 is 1.44 bits per heavy atom. The highest BCUT2D eigenvalue weighted by molar-refractivity contribution is 6.30. The molecule has 2 atom stereocenters. The van der Waals surface area contributed by atoms with E-state index >= 15 is 0 Å². The second kappa shape index (κ2) is 3.95. The van der Waals surface area contributed by atoms with Gasteiger partial charge in [-0.1, -0.05) is 17.7 Å². The SMILES string of the molecule is O=C(O)C1(Cc2ccc(Cl)cc2F)CC2CC2C1. The minimum absolute atomic E-state index is 0.276. The van der Waals surface area contributed by atoms with Crippen LogP contribution in [0.5, 0.6) is 0 Å². The number of rotatable bonds is 3. The average Bonchev–Trinajstić information content (AvgIpc) is 2.91. The van der Waals surface area contributed by atoms with Crippen molar-refractivity contribution in [3.8, 4) is 0 Å². The first-order valence-electron chi connectivity index (χ1n) is 6.17. The van der Waals surface area contributed by atoms with Gasteiger partial charge in [-0.3, -0.25) is 4.79 Å². The van der Waals surface area contributed by atoms with Crippen LogP contribution in [-0.2, 0) is 11.2 Å². The number of benzene rings is 1. The van der Waals surface area contributed by atoms with Crippen LogP contribution in [-0.4, -0.2) is 11.1 Å². The Kier molecular flexibility index (Phi) is 2.63. The summed E-state index contributed by atoms with van der Waals surface area (Å²) in [5, 5.41) is 9.80. The third kappa shape index (κ3) is 1.91. The Morgan fingerprint density at radius 2 is 2.11 bits per heavy atom. The van der Waals surface area contributed by atoms with Crippen molar-refractivity contribution in [3.05, 3.63) is 34.6 Å². The molecule has 2 saturated carbocycles. The summed E-state index contributed by atoms with van der Waals surface area (Å²) >= 11 is 5.70. The van der Waals surface area contributed by atoms with Crippen molar-refractivity contribution in [1.82, 2.24) is 0 Å². The second-order valence-corrected chi connectivity index (χ2v) is 6.10. The molecule has 18 heavy (non-hydrogen) atoms. The third-order valence-electron chi connectivity index (χ3n) is 4.37. The van der Waals surface area contributed by atoms with Crippen molar-refractivity contribution in [1.29, 1.82) is 0 Å². The standard InChI is InChI=1S/C14H14ClFO2/c15-11-2-1-8(12(16)4-11)5-14(13(17)18)6-9-3-10(9)7-14/h1-2,4,9-10H,3,5-7H2,(H,17,18). The quantitative estimate of drug-likeness (QED) is 0.911. The highest BCUT2D eigenvalue weighted by Gasteiger charge is 2.57. The molecule has 1 aromatic carbocycles. The molecule has 1 N–H and O–H groups in total. The molecule has 0 bridgehead atoms. The highest BCUT2D eigenvalue weighted by atomic mass is 35.5. The maximum atomic E-state index is 13.8. The molecule has 96 valence electrons. The summed E-state index contributed by atoms with van der Waals surface area (Å²) < 4.78 is 13.8. The maximum absolute atomic E-state index is 13.8. The first-order chi connectivity index (χ1) is 8.50. The Bertz CT molecular complexity index is 505. The minimum Gasteiger partial charge on any atom is -0.481 e. The molecule has 0 saturated heterocycles. The molecule has 2 nitrogen and oxygen atoms in total. The van der Waals surface area contributed by atoms with Gasteiger partial charge in [0.1, 0.15) is 5.82 Å². The van der Waals surface area contributed by atoms with Gasteiger partial charge in [0, 0.05) is 5.02 Å². The van der Waals surface area contributed by atoms with E-state index in [1.54, 1.807) is 12.1 Å². The third-order valence-corrected chi connectivity index (χ3v) is 4.61. The van der Waals surface area contributed by atoms with E-state index in [2.05, 4.69) is 0 Å². The number of hydrogen-bond acceptors (Lipinski definition) is 1. The molecule has 3 rings (SSSR count). The predicted molar refractivity (Wildman–Crippen MR) is 66.0 cm³/mol. The van der Waals surface area contributed by atoms with Gasteiger partial charge in [0.05, 0.1) is 5.41 Å². The van der Waals surface area contributed by atoms with Crippen molar-refractivity contribution < 1.29 is 14.3 Å². The Hall–Kier alpha value is -1.09. The van der Waals surface area contributed by atoms with Gasteiger partial charge in [-0.05, 0) is 55.2 Å². The fourth-order valence-electron chi connectivity index (χ4n) is 3.32. The van der Waals surface area contributed by atoms with Gasteiger partial charge in [0.25, 0.3) is 0 Å². The van der Waals surface area contributed by atoms with Gasteiger partial charge in [-0.2, -0.15) is 0 Å². The van der Waals surface area contributed by atoms with Crippen LogP contribution < -0.4 is 0 Å². The fourth-order valence-corrected chi connectivity index (χ4v) is 3.48. The van der Waals surface area contributed by atoms with E-state index in [1.165, 1.54) is 6.07 Å². The monoisotopic (exact) mass is 268 g/mol. The smallest absolute Gasteiger partial charge is 0.309 e. The molecule has 0 amide bonds. The number of hydrogen-bond donors (Lipinski definition) is 1. The fraction of sp³-hybridized carbons (Fsp3) is 0.500. The second-order valence-electron chi connectivity index (χ2n) is 5.66. The molecule has 2 aliphatic rings. The van der Waals surface area contributed by atoms with Gasteiger partial charge < -0.3 is 5.11 Å². The number of carboxylic acid groups (broad SMARTS) is 1. The predicted octanol–water partition coefficient (Wildman–Crippen LogP) is 3.52. The van der Waals surface area contributed by atoms with E-state index in [-0.39, 0.29) is 6.42 Å². The lowest BCUT2D eigenvalue weighted by atomic mass is 9.77. The van der Waals surface area contributed by atoms with Crippen LogP contribution in [0.25, 0.3) is 0 Å². The van der Waals surface area contributed by atoms with Gasteiger partial charge in [-0.15, -0.1) is 0 Å². The Morgan fingerprint density at radius 3 is 2.67 bits per heavy atom. The van der Waals surface area contributed by atoms with E-state index in [9.17, 15) is 14.3 Å². The Labute approximate surface area is 110 Å². The zero-order valence-electron chi connectivity index (χ0n) is 9.83. The molecular weight excluding hydrogens is 255 g/mol. The summed E-state index contributed by atoms with van der Waals surface area (Å²) in [5.41, 5.74) is -0.300. The summed E-state index contributed by atoms with van der Waals surface area (Å²) in [7, 11) is 0. The molecule has 4 heteroatoms. The molecule has 1 aromatic rings. The van der Waals surface area contributed by atoms with Crippen molar-refractivity contribution >= 4 is 17.6 Å². The first-order valence-corrected chi connectivity index (χ1v) is 6.55. The van der Waals surface area contributed by atoms with Crippen molar-refractivity contribution in [2.45, 2.75) is 25.7 Å². The van der Waals surface area contributed by atoms with Crippen molar-refractivity contribution in [2.24, 2.45) is 17.3 Å². The van der Waals surface area contributed by atoms with Crippen molar-refractivity contribution in [2.75, 3.05) is 0 Å². The van der Waals surface area contributed by atoms with Crippen LogP contribution in [0.4, 0.5) is 4.39 Å². The zero-order chi connectivity index (χ0) is 12.9. The van der Waals surface area contributed by atoms with Gasteiger partial charge in [-0.25, -0.2) is 4.39 Å². The zero-order valence-corrected chi connectivity index (χ0v) is 10.6. The van der Waals surface area contributed by atoms with Crippen LogP contribution in [0.1, 0.15) is 24.8 Å². The van der Waals surface area contributed by atoms with E-state index in [0.717, 1.165) is 6.42 Å². The summed E-state index contributed by atoms with van der Waals surface area (Å²) in [6.45, 7) is 0.